The number of hydrogen-bond acceptors (Lipinski definition) is 5. The van der Waals surface area contributed by atoms with E-state index in [4.69, 9.17) is 4.74 Å². The number of Topliss-reactive ketones (excluding diaryl/α,β-unsaturated/α-hetero) is 1. The summed E-state index contributed by atoms with van der Waals surface area (Å²) in [5.41, 5.74) is 2.43. The number of carbonyl (C=O) groups is 1. The number of rotatable bonds is 4. The number of hydrogen-bond donors (Lipinski definition) is 0. The molecule has 1 aliphatic heterocycles. The van der Waals surface area contributed by atoms with E-state index >= 15 is 0 Å². The molecule has 3 rings (SSSR count). The lowest BCUT2D eigenvalue weighted by atomic mass is 10.0. The van der Waals surface area contributed by atoms with E-state index in [2.05, 4.69) is 15.7 Å². The van der Waals surface area contributed by atoms with Crippen molar-refractivity contribution in [2.24, 2.45) is 0 Å². The molecule has 2 aromatic rings. The molecule has 1 aromatic carbocycles. The standard InChI is InChI=1S/C13H12N2O2S/c16-11(13-8-14-15-18-13)3-1-9-2-4-12-10(7-9)5-6-17-12/h2,4,7-8H,1,3,5-6H2. The highest BCUT2D eigenvalue weighted by atomic mass is 32.1. The van der Waals surface area contributed by atoms with Crippen LogP contribution in [-0.4, -0.2) is 22.0 Å². The zero-order valence-electron chi connectivity index (χ0n) is 9.76. The molecule has 0 bridgehead atoms. The van der Waals surface area contributed by atoms with E-state index in [1.807, 2.05) is 12.1 Å². The van der Waals surface area contributed by atoms with Crippen molar-refractivity contribution in [2.75, 3.05) is 6.61 Å². The van der Waals surface area contributed by atoms with Gasteiger partial charge in [-0.2, -0.15) is 0 Å². The van der Waals surface area contributed by atoms with Crippen LogP contribution in [0.5, 0.6) is 5.75 Å². The molecule has 0 radical (unpaired) electrons. The summed E-state index contributed by atoms with van der Waals surface area (Å²) in [6, 6.07) is 6.17. The lowest BCUT2D eigenvalue weighted by Gasteiger charge is -2.03. The fourth-order valence-electron chi connectivity index (χ4n) is 2.07. The summed E-state index contributed by atoms with van der Waals surface area (Å²) in [6.07, 6.45) is 3.76. The summed E-state index contributed by atoms with van der Waals surface area (Å²) in [5.74, 6) is 1.10. The third-order valence-electron chi connectivity index (χ3n) is 3.03. The van der Waals surface area contributed by atoms with Crippen molar-refractivity contribution in [3.63, 3.8) is 0 Å². The van der Waals surface area contributed by atoms with Gasteiger partial charge in [0.2, 0.25) is 0 Å². The van der Waals surface area contributed by atoms with Crippen molar-refractivity contribution in [3.05, 3.63) is 40.4 Å². The van der Waals surface area contributed by atoms with Crippen molar-refractivity contribution >= 4 is 17.3 Å². The predicted octanol–water partition coefficient (Wildman–Crippen LogP) is 2.29. The molecular weight excluding hydrogens is 248 g/mol. The molecule has 0 aliphatic carbocycles. The van der Waals surface area contributed by atoms with Gasteiger partial charge in [-0.3, -0.25) is 4.79 Å². The first-order chi connectivity index (χ1) is 8.83. The number of fused-ring (bicyclic) bond motifs is 1. The quantitative estimate of drug-likeness (QED) is 0.791. The highest BCUT2D eigenvalue weighted by Crippen LogP contribution is 2.26. The van der Waals surface area contributed by atoms with Crippen LogP contribution in [0, 0.1) is 0 Å². The lowest BCUT2D eigenvalue weighted by molar-refractivity contribution is 0.0986. The van der Waals surface area contributed by atoms with Crippen molar-refractivity contribution in [1.82, 2.24) is 9.59 Å². The summed E-state index contributed by atoms with van der Waals surface area (Å²) in [6.45, 7) is 0.768. The molecular formula is C13H12N2O2S. The van der Waals surface area contributed by atoms with E-state index in [9.17, 15) is 4.79 Å². The van der Waals surface area contributed by atoms with Crippen LogP contribution in [0.3, 0.4) is 0 Å². The Morgan fingerprint density at radius 1 is 1.44 bits per heavy atom. The molecule has 2 heterocycles. The highest BCUT2D eigenvalue weighted by Gasteiger charge is 2.13. The monoisotopic (exact) mass is 260 g/mol. The lowest BCUT2D eigenvalue weighted by Crippen LogP contribution is -1.99. The van der Waals surface area contributed by atoms with Gasteiger partial charge in [0.1, 0.15) is 10.6 Å². The summed E-state index contributed by atoms with van der Waals surface area (Å²) in [5, 5.41) is 3.68. The Bertz CT molecular complexity index is 566. The Morgan fingerprint density at radius 2 is 2.39 bits per heavy atom. The minimum Gasteiger partial charge on any atom is -0.493 e. The first kappa shape index (κ1) is 11.3. The first-order valence-electron chi connectivity index (χ1n) is 5.88. The number of ketones is 1. The minimum atomic E-state index is 0.113. The van der Waals surface area contributed by atoms with E-state index in [-0.39, 0.29) is 5.78 Å². The molecule has 0 spiro atoms. The van der Waals surface area contributed by atoms with E-state index in [1.165, 1.54) is 17.3 Å². The molecule has 0 amide bonds. The second kappa shape index (κ2) is 4.86. The summed E-state index contributed by atoms with van der Waals surface area (Å²) in [7, 11) is 0. The van der Waals surface area contributed by atoms with Crippen LogP contribution in [0.2, 0.25) is 0 Å². The maximum absolute atomic E-state index is 11.8. The molecule has 18 heavy (non-hydrogen) atoms. The Labute approximate surface area is 109 Å². The maximum atomic E-state index is 11.8. The van der Waals surface area contributed by atoms with Crippen LogP contribution in [0.15, 0.2) is 24.4 Å². The topological polar surface area (TPSA) is 52.1 Å². The number of aromatic nitrogens is 2. The Morgan fingerprint density at radius 3 is 3.22 bits per heavy atom. The van der Waals surface area contributed by atoms with Gasteiger partial charge >= 0.3 is 0 Å². The van der Waals surface area contributed by atoms with Crippen LogP contribution in [-0.2, 0) is 12.8 Å². The first-order valence-corrected chi connectivity index (χ1v) is 6.65. The molecule has 4 nitrogen and oxygen atoms in total. The molecule has 5 heteroatoms. The van der Waals surface area contributed by atoms with Crippen molar-refractivity contribution in [1.29, 1.82) is 0 Å². The Balaban J connectivity index is 1.65. The van der Waals surface area contributed by atoms with Crippen molar-refractivity contribution < 1.29 is 9.53 Å². The fraction of sp³-hybridized carbons (Fsp3) is 0.308. The number of benzene rings is 1. The molecule has 1 aliphatic rings. The molecule has 0 unspecified atom stereocenters. The average molecular weight is 260 g/mol. The normalized spacial score (nSPS) is 13.1. The zero-order chi connectivity index (χ0) is 12.4. The molecule has 0 saturated carbocycles. The molecule has 0 N–H and O–H groups in total. The second-order valence-electron chi connectivity index (χ2n) is 4.25. The third kappa shape index (κ3) is 2.26. The average Bonchev–Trinajstić information content (AvgIpc) is 3.05. The van der Waals surface area contributed by atoms with Crippen molar-refractivity contribution in [2.45, 2.75) is 19.3 Å². The third-order valence-corrected chi connectivity index (χ3v) is 3.74. The van der Waals surface area contributed by atoms with Crippen LogP contribution in [0.25, 0.3) is 0 Å². The Hall–Kier alpha value is -1.75. The van der Waals surface area contributed by atoms with E-state index in [0.29, 0.717) is 11.3 Å². The summed E-state index contributed by atoms with van der Waals surface area (Å²) < 4.78 is 9.16. The zero-order valence-corrected chi connectivity index (χ0v) is 10.6. The number of ether oxygens (including phenoxy) is 1. The van der Waals surface area contributed by atoms with E-state index in [0.717, 1.165) is 36.7 Å². The highest BCUT2D eigenvalue weighted by molar-refractivity contribution is 7.07. The van der Waals surface area contributed by atoms with Crippen molar-refractivity contribution in [3.8, 4) is 5.75 Å². The van der Waals surface area contributed by atoms with Gasteiger partial charge < -0.3 is 4.74 Å². The van der Waals surface area contributed by atoms with Crippen LogP contribution < -0.4 is 4.74 Å². The second-order valence-corrected chi connectivity index (χ2v) is 5.03. The number of nitrogens with zero attached hydrogens (tertiary/aromatic N) is 2. The fourth-order valence-corrected chi connectivity index (χ4v) is 2.55. The molecule has 0 saturated heterocycles. The summed E-state index contributed by atoms with van der Waals surface area (Å²) >= 11 is 1.16. The van der Waals surface area contributed by atoms with Gasteiger partial charge in [-0.05, 0) is 35.1 Å². The largest absolute Gasteiger partial charge is 0.493 e. The molecule has 0 atom stereocenters. The molecule has 1 aromatic heterocycles. The van der Waals surface area contributed by atoms with Gasteiger partial charge in [-0.25, -0.2) is 0 Å². The van der Waals surface area contributed by atoms with Crippen LogP contribution in [0.1, 0.15) is 27.2 Å². The van der Waals surface area contributed by atoms with Gasteiger partial charge in [0.15, 0.2) is 5.78 Å². The van der Waals surface area contributed by atoms with Gasteiger partial charge in [-0.1, -0.05) is 16.6 Å². The van der Waals surface area contributed by atoms with Gasteiger partial charge in [-0.15, -0.1) is 5.10 Å². The van der Waals surface area contributed by atoms with Crippen LogP contribution >= 0.6 is 11.5 Å². The van der Waals surface area contributed by atoms with Gasteiger partial charge in [0.05, 0.1) is 12.8 Å². The molecule has 0 fully saturated rings. The minimum absolute atomic E-state index is 0.113. The van der Waals surface area contributed by atoms with Gasteiger partial charge in [0.25, 0.3) is 0 Å². The number of aryl methyl sites for hydroxylation is 1. The van der Waals surface area contributed by atoms with Crippen LogP contribution in [0.4, 0.5) is 0 Å². The van der Waals surface area contributed by atoms with E-state index in [1.54, 1.807) is 0 Å². The van der Waals surface area contributed by atoms with Gasteiger partial charge in [0, 0.05) is 12.8 Å². The maximum Gasteiger partial charge on any atom is 0.176 e. The van der Waals surface area contributed by atoms with E-state index < -0.39 is 0 Å². The molecule has 92 valence electrons. The summed E-state index contributed by atoms with van der Waals surface area (Å²) in [4.78, 5) is 12.5. The number of carbonyl (C=O) groups excluding carboxylic acids is 1. The smallest absolute Gasteiger partial charge is 0.176 e. The predicted molar refractivity (Wildman–Crippen MR) is 68.2 cm³/mol. The Kier molecular flexibility index (Phi) is 3.06. The SMILES string of the molecule is O=C(CCc1ccc2c(c1)CCO2)c1cnns1.